The van der Waals surface area contributed by atoms with Crippen LogP contribution in [-0.2, 0) is 19.6 Å². The van der Waals surface area contributed by atoms with Gasteiger partial charge in [-0.25, -0.2) is 8.42 Å². The quantitative estimate of drug-likeness (QED) is 0.585. The van der Waals surface area contributed by atoms with Gasteiger partial charge in [0.1, 0.15) is 0 Å². The molecule has 0 aliphatic carbocycles. The van der Waals surface area contributed by atoms with Crippen molar-refractivity contribution < 1.29 is 22.8 Å². The summed E-state index contributed by atoms with van der Waals surface area (Å²) in [6.07, 6.45) is 1.07. The molecule has 1 saturated heterocycles. The van der Waals surface area contributed by atoms with E-state index in [4.69, 9.17) is 0 Å². The van der Waals surface area contributed by atoms with Crippen molar-refractivity contribution in [2.75, 3.05) is 24.2 Å². The predicted molar refractivity (Wildman–Crippen MR) is 99.9 cm³/mol. The average molecular weight is 386 g/mol. The number of imide groups is 1. The zero-order valence-electron chi connectivity index (χ0n) is 14.8. The maximum Gasteiger partial charge on any atom is 0.297 e. The SMILES string of the molecule is CN(c1ccc(C(=O)N2C[C@@H](c3ccccc3)C(=O)C2=O)cc1)S(C)(=O)=O. The van der Waals surface area contributed by atoms with Crippen molar-refractivity contribution in [3.05, 3.63) is 65.7 Å². The molecule has 0 aromatic heterocycles. The molecule has 1 atom stereocenters. The van der Waals surface area contributed by atoms with Crippen molar-refractivity contribution in [3.8, 4) is 0 Å². The smallest absolute Gasteiger partial charge is 0.288 e. The first-order valence-electron chi connectivity index (χ1n) is 8.19. The van der Waals surface area contributed by atoms with Crippen LogP contribution >= 0.6 is 0 Å². The summed E-state index contributed by atoms with van der Waals surface area (Å²) in [5.41, 5.74) is 1.28. The van der Waals surface area contributed by atoms with Crippen molar-refractivity contribution in [3.63, 3.8) is 0 Å². The number of Topliss-reactive ketones (excluding diaryl/α,β-unsaturated/α-hetero) is 1. The van der Waals surface area contributed by atoms with E-state index >= 15 is 0 Å². The predicted octanol–water partition coefficient (Wildman–Crippen LogP) is 1.42. The fourth-order valence-electron chi connectivity index (χ4n) is 2.91. The number of hydrogen-bond donors (Lipinski definition) is 0. The van der Waals surface area contributed by atoms with E-state index in [1.54, 1.807) is 24.3 Å². The third-order valence-corrected chi connectivity index (χ3v) is 5.77. The van der Waals surface area contributed by atoms with E-state index in [1.807, 2.05) is 6.07 Å². The number of hydrogen-bond acceptors (Lipinski definition) is 5. The fraction of sp³-hybridized carbons (Fsp3) is 0.211. The lowest BCUT2D eigenvalue weighted by Gasteiger charge is -2.18. The van der Waals surface area contributed by atoms with Gasteiger partial charge in [-0.3, -0.25) is 23.6 Å². The van der Waals surface area contributed by atoms with Gasteiger partial charge in [0.2, 0.25) is 15.8 Å². The molecule has 1 fully saturated rings. The molecule has 0 unspecified atom stereocenters. The van der Waals surface area contributed by atoms with E-state index in [-0.39, 0.29) is 12.1 Å². The van der Waals surface area contributed by atoms with Crippen LogP contribution in [0, 0.1) is 0 Å². The number of amides is 2. The van der Waals surface area contributed by atoms with Crippen LogP contribution in [0.1, 0.15) is 21.8 Å². The first-order valence-corrected chi connectivity index (χ1v) is 10.0. The van der Waals surface area contributed by atoms with Gasteiger partial charge in [-0.1, -0.05) is 30.3 Å². The maximum absolute atomic E-state index is 12.7. The molecule has 2 aromatic rings. The highest BCUT2D eigenvalue weighted by atomic mass is 32.2. The van der Waals surface area contributed by atoms with Crippen LogP contribution < -0.4 is 4.31 Å². The lowest BCUT2D eigenvalue weighted by Crippen LogP contribution is -2.34. The number of sulfonamides is 1. The van der Waals surface area contributed by atoms with Crippen molar-refractivity contribution >= 4 is 33.3 Å². The Morgan fingerprint density at radius 1 is 1.04 bits per heavy atom. The Labute approximate surface area is 157 Å². The molecule has 0 bridgehead atoms. The maximum atomic E-state index is 12.7. The molecule has 2 aromatic carbocycles. The largest absolute Gasteiger partial charge is 0.297 e. The number of carbonyl (C=O) groups excluding carboxylic acids is 3. The molecule has 1 aliphatic heterocycles. The Balaban J connectivity index is 1.82. The molecule has 0 saturated carbocycles. The number of rotatable bonds is 4. The molecular formula is C19H18N2O5S. The monoisotopic (exact) mass is 386 g/mol. The minimum absolute atomic E-state index is 0.00843. The second-order valence-electron chi connectivity index (χ2n) is 6.33. The molecule has 27 heavy (non-hydrogen) atoms. The number of likely N-dealkylation sites (tertiary alicyclic amines) is 1. The summed E-state index contributed by atoms with van der Waals surface area (Å²) in [6, 6.07) is 14.7. The molecule has 3 rings (SSSR count). The van der Waals surface area contributed by atoms with Crippen molar-refractivity contribution in [1.29, 1.82) is 0 Å². The minimum Gasteiger partial charge on any atom is -0.288 e. The highest BCUT2D eigenvalue weighted by Crippen LogP contribution is 2.27. The van der Waals surface area contributed by atoms with Crippen LogP contribution in [-0.4, -0.2) is 50.8 Å². The van der Waals surface area contributed by atoms with Crippen molar-refractivity contribution in [1.82, 2.24) is 4.90 Å². The first-order chi connectivity index (χ1) is 12.7. The van der Waals surface area contributed by atoms with E-state index in [0.29, 0.717) is 11.3 Å². The van der Waals surface area contributed by atoms with Gasteiger partial charge in [-0.05, 0) is 29.8 Å². The fourth-order valence-corrected chi connectivity index (χ4v) is 3.41. The molecule has 0 radical (unpaired) electrons. The highest BCUT2D eigenvalue weighted by molar-refractivity contribution is 7.92. The highest BCUT2D eigenvalue weighted by Gasteiger charge is 2.42. The molecule has 7 nitrogen and oxygen atoms in total. The zero-order valence-corrected chi connectivity index (χ0v) is 15.6. The van der Waals surface area contributed by atoms with E-state index in [0.717, 1.165) is 15.5 Å². The van der Waals surface area contributed by atoms with Gasteiger partial charge >= 0.3 is 0 Å². The number of carbonyl (C=O) groups is 3. The van der Waals surface area contributed by atoms with E-state index < -0.39 is 33.5 Å². The molecule has 140 valence electrons. The second-order valence-corrected chi connectivity index (χ2v) is 8.34. The zero-order chi connectivity index (χ0) is 19.8. The molecule has 0 spiro atoms. The summed E-state index contributed by atoms with van der Waals surface area (Å²) in [6.45, 7) is -0.00843. The third kappa shape index (κ3) is 3.61. The lowest BCUT2D eigenvalue weighted by molar-refractivity contribution is -0.139. The number of nitrogens with zero attached hydrogens (tertiary/aromatic N) is 2. The van der Waals surface area contributed by atoms with E-state index in [2.05, 4.69) is 0 Å². The van der Waals surface area contributed by atoms with Gasteiger partial charge in [0.05, 0.1) is 17.9 Å². The summed E-state index contributed by atoms with van der Waals surface area (Å²) >= 11 is 0. The number of benzene rings is 2. The summed E-state index contributed by atoms with van der Waals surface area (Å²) in [4.78, 5) is 38.2. The van der Waals surface area contributed by atoms with Crippen LogP contribution in [0.5, 0.6) is 0 Å². The van der Waals surface area contributed by atoms with Gasteiger partial charge in [-0.15, -0.1) is 0 Å². The van der Waals surface area contributed by atoms with Gasteiger partial charge in [-0.2, -0.15) is 0 Å². The van der Waals surface area contributed by atoms with E-state index in [1.165, 1.54) is 31.3 Å². The Kier molecular flexibility index (Phi) is 4.84. The summed E-state index contributed by atoms with van der Waals surface area (Å²) < 4.78 is 24.2. The Morgan fingerprint density at radius 2 is 1.63 bits per heavy atom. The van der Waals surface area contributed by atoms with Crippen LogP contribution in [0.25, 0.3) is 0 Å². The van der Waals surface area contributed by atoms with E-state index in [9.17, 15) is 22.8 Å². The molecular weight excluding hydrogens is 368 g/mol. The van der Waals surface area contributed by atoms with Crippen LogP contribution in [0.3, 0.4) is 0 Å². The van der Waals surface area contributed by atoms with Gasteiger partial charge in [0.15, 0.2) is 0 Å². The normalized spacial score (nSPS) is 17.3. The number of anilines is 1. The van der Waals surface area contributed by atoms with Gasteiger partial charge < -0.3 is 0 Å². The average Bonchev–Trinajstić information content (AvgIpc) is 2.96. The molecule has 1 aliphatic rings. The van der Waals surface area contributed by atoms with Crippen molar-refractivity contribution in [2.45, 2.75) is 5.92 Å². The lowest BCUT2D eigenvalue weighted by atomic mass is 9.97. The second kappa shape index (κ2) is 6.96. The Hall–Kier alpha value is -3.00. The Bertz CT molecular complexity index is 1000. The Morgan fingerprint density at radius 3 is 2.19 bits per heavy atom. The topological polar surface area (TPSA) is 91.8 Å². The molecule has 2 amide bonds. The van der Waals surface area contributed by atoms with Gasteiger partial charge in [0, 0.05) is 19.2 Å². The van der Waals surface area contributed by atoms with Gasteiger partial charge in [0.25, 0.3) is 11.8 Å². The first kappa shape index (κ1) is 18.8. The van der Waals surface area contributed by atoms with Crippen LogP contribution in [0.4, 0.5) is 5.69 Å². The summed E-state index contributed by atoms with van der Waals surface area (Å²) in [5, 5.41) is 0. The van der Waals surface area contributed by atoms with Crippen LogP contribution in [0.2, 0.25) is 0 Å². The number of ketones is 1. The van der Waals surface area contributed by atoms with Crippen molar-refractivity contribution in [2.24, 2.45) is 0 Å². The summed E-state index contributed by atoms with van der Waals surface area (Å²) in [5.74, 6) is -2.69. The third-order valence-electron chi connectivity index (χ3n) is 4.56. The standard InChI is InChI=1S/C19H18N2O5S/c1-20(27(2,25)26)15-10-8-14(9-11-15)18(23)21-12-16(17(22)19(21)24)13-6-4-3-5-7-13/h3-11,16H,12H2,1-2H3/t16-/m0/s1. The van der Waals surface area contributed by atoms with Crippen LogP contribution in [0.15, 0.2) is 54.6 Å². The molecule has 0 N–H and O–H groups in total. The molecule has 1 heterocycles. The minimum atomic E-state index is -3.42. The summed E-state index contributed by atoms with van der Waals surface area (Å²) in [7, 11) is -2.02. The molecule has 8 heteroatoms.